The van der Waals surface area contributed by atoms with Gasteiger partial charge >= 0.3 is 0 Å². The van der Waals surface area contributed by atoms with Crippen molar-refractivity contribution in [2.24, 2.45) is 9.98 Å². The van der Waals surface area contributed by atoms with Gasteiger partial charge in [-0.05, 0) is 58.1 Å². The second-order valence-electron chi connectivity index (χ2n) is 15.8. The minimum absolute atomic E-state index is 0.444. The van der Waals surface area contributed by atoms with Gasteiger partial charge in [0, 0.05) is 43.8 Å². The van der Waals surface area contributed by atoms with Gasteiger partial charge in [0.2, 0.25) is 0 Å². The molecule has 0 fully saturated rings. The largest absolute Gasteiger partial charge is 0.453 e. The highest BCUT2D eigenvalue weighted by Gasteiger charge is 2.27. The van der Waals surface area contributed by atoms with E-state index in [1.54, 1.807) is 0 Å². The third kappa shape index (κ3) is 6.02. The molecule has 5 nitrogen and oxygen atoms in total. The first-order valence-electron chi connectivity index (χ1n) is 21.0. The average molecular weight is 795 g/mol. The number of amidine groups is 2. The Bertz CT molecular complexity index is 3420. The number of furan rings is 1. The smallest absolute Gasteiger partial charge is 0.159 e. The lowest BCUT2D eigenvalue weighted by atomic mass is 9.94. The number of benzene rings is 9. The molecular formula is C57H38N4O. The molecule has 1 aliphatic rings. The van der Waals surface area contributed by atoms with E-state index < -0.39 is 6.17 Å². The van der Waals surface area contributed by atoms with E-state index in [0.717, 1.165) is 72.3 Å². The summed E-state index contributed by atoms with van der Waals surface area (Å²) >= 11 is 0. The number of hydrogen-bond acceptors (Lipinski definition) is 4. The fourth-order valence-electron chi connectivity index (χ4n) is 9.14. The van der Waals surface area contributed by atoms with Gasteiger partial charge in [0.05, 0.1) is 16.7 Å². The van der Waals surface area contributed by atoms with Gasteiger partial charge in [-0.25, -0.2) is 9.98 Å². The number of nitrogens with one attached hydrogen (secondary N) is 1. The maximum Gasteiger partial charge on any atom is 0.159 e. The van der Waals surface area contributed by atoms with Crippen molar-refractivity contribution in [1.82, 2.24) is 9.88 Å². The van der Waals surface area contributed by atoms with Crippen LogP contribution in [0.15, 0.2) is 233 Å². The quantitative estimate of drug-likeness (QED) is 0.175. The number of rotatable bonds is 7. The van der Waals surface area contributed by atoms with Gasteiger partial charge in [-0.1, -0.05) is 188 Å². The summed E-state index contributed by atoms with van der Waals surface area (Å²) in [5, 5.41) is 8.18. The lowest BCUT2D eigenvalue weighted by molar-refractivity contribution is 0.656. The maximum absolute atomic E-state index is 7.30. The summed E-state index contributed by atoms with van der Waals surface area (Å²) in [5.74, 6) is 1.45. The molecule has 3 heterocycles. The van der Waals surface area contributed by atoms with Crippen LogP contribution in [0, 0.1) is 0 Å². The minimum atomic E-state index is -0.444. The lowest BCUT2D eigenvalue weighted by Crippen LogP contribution is -2.33. The van der Waals surface area contributed by atoms with E-state index >= 15 is 0 Å². The van der Waals surface area contributed by atoms with Crippen LogP contribution in [0.1, 0.15) is 22.9 Å². The number of aliphatic imine (C=N–C) groups is 2. The van der Waals surface area contributed by atoms with Crippen LogP contribution in [0.4, 0.5) is 0 Å². The van der Waals surface area contributed by atoms with Gasteiger partial charge in [-0.3, -0.25) is 0 Å². The Morgan fingerprint density at radius 2 is 0.919 bits per heavy atom. The fraction of sp³-hybridized carbons (Fsp3) is 0.0175. The van der Waals surface area contributed by atoms with E-state index in [-0.39, 0.29) is 0 Å². The number of fused-ring (bicyclic) bond motifs is 6. The number of para-hydroxylation sites is 1. The van der Waals surface area contributed by atoms with Gasteiger partial charge in [0.15, 0.2) is 11.4 Å². The summed E-state index contributed by atoms with van der Waals surface area (Å²) in [4.78, 5) is 10.4. The Morgan fingerprint density at radius 1 is 0.403 bits per heavy atom. The molecule has 5 heteroatoms. The average Bonchev–Trinajstić information content (AvgIpc) is 3.90. The summed E-state index contributed by atoms with van der Waals surface area (Å²) in [6.45, 7) is 0. The molecule has 0 radical (unpaired) electrons. The topological polar surface area (TPSA) is 54.8 Å². The van der Waals surface area contributed by atoms with Gasteiger partial charge in [0.25, 0.3) is 0 Å². The number of hydrogen-bond donors (Lipinski definition) is 1. The zero-order valence-corrected chi connectivity index (χ0v) is 33.6. The molecule has 0 aliphatic carbocycles. The molecule has 2 aromatic heterocycles. The van der Waals surface area contributed by atoms with Crippen LogP contribution in [-0.2, 0) is 0 Å². The lowest BCUT2D eigenvalue weighted by Gasteiger charge is -2.25. The third-order valence-electron chi connectivity index (χ3n) is 12.1. The SMILES string of the molecule is c1ccc(C2=NC(c3ccc4c(oc5c(-n6c7ccc(-c8ccccc8)cc7c7cc(-c8ccccc8)ccc76)cccc54)c3-c3ccccc3)NC(c3ccccc3)=N2)cc1. The molecule has 62 heavy (non-hydrogen) atoms. The van der Waals surface area contributed by atoms with Crippen LogP contribution < -0.4 is 5.32 Å². The minimum Gasteiger partial charge on any atom is -0.453 e. The molecule has 0 saturated carbocycles. The van der Waals surface area contributed by atoms with Crippen molar-refractivity contribution in [3.63, 3.8) is 0 Å². The van der Waals surface area contributed by atoms with Crippen molar-refractivity contribution in [3.8, 4) is 39.1 Å². The van der Waals surface area contributed by atoms with E-state index in [1.165, 1.54) is 33.0 Å². The van der Waals surface area contributed by atoms with Crippen LogP contribution in [0.3, 0.4) is 0 Å². The first kappa shape index (κ1) is 35.6. The van der Waals surface area contributed by atoms with Crippen LogP contribution in [-0.4, -0.2) is 16.2 Å². The first-order chi connectivity index (χ1) is 30.7. The molecule has 11 aromatic rings. The van der Waals surface area contributed by atoms with E-state index in [4.69, 9.17) is 14.4 Å². The van der Waals surface area contributed by atoms with E-state index in [1.807, 2.05) is 36.4 Å². The molecule has 9 aromatic carbocycles. The van der Waals surface area contributed by atoms with Crippen molar-refractivity contribution in [3.05, 3.63) is 235 Å². The Kier molecular flexibility index (Phi) is 8.49. The van der Waals surface area contributed by atoms with Crippen molar-refractivity contribution in [2.75, 3.05) is 0 Å². The van der Waals surface area contributed by atoms with Crippen LogP contribution >= 0.6 is 0 Å². The van der Waals surface area contributed by atoms with Crippen molar-refractivity contribution in [2.45, 2.75) is 6.17 Å². The summed E-state index contributed by atoms with van der Waals surface area (Å²) in [6.07, 6.45) is -0.444. The molecule has 1 unspecified atom stereocenters. The molecule has 0 spiro atoms. The summed E-state index contributed by atoms with van der Waals surface area (Å²) < 4.78 is 9.68. The van der Waals surface area contributed by atoms with Gasteiger partial charge in [0.1, 0.15) is 17.6 Å². The Balaban J connectivity index is 1.09. The normalized spacial score (nSPS) is 14.0. The second-order valence-corrected chi connectivity index (χ2v) is 15.8. The molecule has 1 N–H and O–H groups in total. The summed E-state index contributed by atoms with van der Waals surface area (Å²) in [6, 6.07) is 76.8. The Morgan fingerprint density at radius 3 is 1.50 bits per heavy atom. The molecular weight excluding hydrogens is 757 g/mol. The maximum atomic E-state index is 7.30. The summed E-state index contributed by atoms with van der Waals surface area (Å²) in [7, 11) is 0. The Labute approximate surface area is 358 Å². The predicted octanol–water partition coefficient (Wildman–Crippen LogP) is 14.2. The van der Waals surface area contributed by atoms with E-state index in [0.29, 0.717) is 5.84 Å². The first-order valence-corrected chi connectivity index (χ1v) is 21.0. The zero-order valence-electron chi connectivity index (χ0n) is 33.6. The molecule has 0 amide bonds. The predicted molar refractivity (Wildman–Crippen MR) is 256 cm³/mol. The number of nitrogens with zero attached hydrogens (tertiary/aromatic N) is 3. The molecule has 1 aliphatic heterocycles. The molecule has 292 valence electrons. The van der Waals surface area contributed by atoms with E-state index in [2.05, 4.69) is 192 Å². The second kappa shape index (κ2) is 14.8. The molecule has 12 rings (SSSR count). The highest BCUT2D eigenvalue weighted by Crippen LogP contribution is 2.44. The third-order valence-corrected chi connectivity index (χ3v) is 12.1. The molecule has 1 atom stereocenters. The number of aromatic nitrogens is 1. The van der Waals surface area contributed by atoms with Crippen LogP contribution in [0.5, 0.6) is 0 Å². The highest BCUT2D eigenvalue weighted by molar-refractivity contribution is 6.17. The molecule has 0 bridgehead atoms. The molecule has 0 saturated heterocycles. The standard InChI is InChI=1S/C57H38N4O/c1-6-17-37(18-7-1)42-29-33-49-47(35-42)48-36-43(38-19-8-2-9-20-38)30-34-50(48)61(49)51-28-16-27-44-45-31-32-46(52(54(45)62-53(44)51)39-21-10-3-11-22-39)57-59-55(40-23-12-4-13-24-40)58-56(60-57)41-25-14-5-15-26-41/h1-36,57H,(H,58,59,60). The van der Waals surface area contributed by atoms with Crippen molar-refractivity contribution >= 4 is 55.4 Å². The van der Waals surface area contributed by atoms with Gasteiger partial charge in [-0.15, -0.1) is 0 Å². The zero-order chi connectivity index (χ0) is 41.0. The highest BCUT2D eigenvalue weighted by atomic mass is 16.3. The van der Waals surface area contributed by atoms with Crippen LogP contribution in [0.25, 0.3) is 82.8 Å². The van der Waals surface area contributed by atoms with Crippen molar-refractivity contribution < 1.29 is 4.42 Å². The fourth-order valence-corrected chi connectivity index (χ4v) is 9.14. The summed E-state index contributed by atoms with van der Waals surface area (Å²) in [5.41, 5.74) is 14.6. The monoisotopic (exact) mass is 794 g/mol. The van der Waals surface area contributed by atoms with Crippen LogP contribution in [0.2, 0.25) is 0 Å². The Hall–Kier alpha value is -8.28. The van der Waals surface area contributed by atoms with E-state index in [9.17, 15) is 0 Å². The van der Waals surface area contributed by atoms with Crippen molar-refractivity contribution in [1.29, 1.82) is 0 Å². The van der Waals surface area contributed by atoms with Gasteiger partial charge < -0.3 is 14.3 Å². The van der Waals surface area contributed by atoms with Gasteiger partial charge in [-0.2, -0.15) is 0 Å².